The highest BCUT2D eigenvalue weighted by Gasteiger charge is 2.45. The van der Waals surface area contributed by atoms with Crippen molar-refractivity contribution in [3.8, 4) is 33.8 Å². The molecule has 0 amide bonds. The van der Waals surface area contributed by atoms with Gasteiger partial charge in [0.1, 0.15) is 0 Å². The summed E-state index contributed by atoms with van der Waals surface area (Å²) in [5.74, 6) is 2.49. The average molecular weight is 680 g/mol. The third-order valence-corrected chi connectivity index (χ3v) is 12.1. The van der Waals surface area contributed by atoms with Gasteiger partial charge < -0.3 is 9.64 Å². The van der Waals surface area contributed by atoms with E-state index >= 15 is 0 Å². The quantitative estimate of drug-likeness (QED) is 0.172. The summed E-state index contributed by atoms with van der Waals surface area (Å²) in [6.45, 7) is 4.89. The normalized spacial score (nSPS) is 17.7. The number of benzene rings is 8. The first-order chi connectivity index (χ1) is 26.1. The number of hydrogen-bond acceptors (Lipinski definition) is 2. The summed E-state index contributed by atoms with van der Waals surface area (Å²) in [6.07, 6.45) is 9.34. The van der Waals surface area contributed by atoms with E-state index in [4.69, 9.17) is 4.74 Å². The Morgan fingerprint density at radius 1 is 0.509 bits per heavy atom. The Bertz CT molecular complexity index is 2810. The molecule has 53 heavy (non-hydrogen) atoms. The summed E-state index contributed by atoms with van der Waals surface area (Å²) in [6, 6.07) is 55.4. The topological polar surface area (TPSA) is 12.5 Å². The molecule has 1 heterocycles. The molecule has 0 saturated heterocycles. The van der Waals surface area contributed by atoms with Crippen LogP contribution in [0.15, 0.2) is 176 Å². The highest BCUT2D eigenvalue weighted by atomic mass is 16.5. The van der Waals surface area contributed by atoms with Crippen LogP contribution >= 0.6 is 0 Å². The molecule has 11 rings (SSSR count). The van der Waals surface area contributed by atoms with Gasteiger partial charge in [-0.25, -0.2) is 0 Å². The Hall–Kier alpha value is -6.38. The van der Waals surface area contributed by atoms with Crippen LogP contribution in [0.4, 0.5) is 17.1 Å². The van der Waals surface area contributed by atoms with Crippen LogP contribution in [0, 0.1) is 5.92 Å². The van der Waals surface area contributed by atoms with Gasteiger partial charge in [0.15, 0.2) is 11.5 Å². The summed E-state index contributed by atoms with van der Waals surface area (Å²) in [5.41, 5.74) is 11.1. The first-order valence-corrected chi connectivity index (χ1v) is 18.7. The Kier molecular flexibility index (Phi) is 6.46. The monoisotopic (exact) mass is 679 g/mol. The Morgan fingerprint density at radius 3 is 1.83 bits per heavy atom. The van der Waals surface area contributed by atoms with Gasteiger partial charge in [-0.1, -0.05) is 147 Å². The standard InChI is InChI=1S/C51H37NO/c1-51(2)42-23-11-10-22-39(42)50-35-19-7-6-18-34(35)41(31-43(50)51)49-37-21-9-8-20-36(37)48(32-16-4-3-5-17-32)38-29-28-33(30-40(38)49)52-44-24-12-14-26-46(44)53-47-27-15-13-25-45(47)52/h3-31,39,42H,1-2H3. The van der Waals surface area contributed by atoms with Crippen molar-refractivity contribution in [2.75, 3.05) is 4.90 Å². The van der Waals surface area contributed by atoms with Crippen LogP contribution < -0.4 is 9.64 Å². The maximum Gasteiger partial charge on any atom is 0.151 e. The molecule has 0 N–H and O–H groups in total. The van der Waals surface area contributed by atoms with E-state index in [2.05, 4.69) is 183 Å². The number of fused-ring (bicyclic) bond motifs is 9. The van der Waals surface area contributed by atoms with Gasteiger partial charge in [0.2, 0.25) is 0 Å². The zero-order valence-electron chi connectivity index (χ0n) is 29.8. The van der Waals surface area contributed by atoms with E-state index in [1.165, 1.54) is 65.7 Å². The molecule has 3 aliphatic rings. The summed E-state index contributed by atoms with van der Waals surface area (Å²) < 4.78 is 6.44. The molecule has 2 aliphatic carbocycles. The minimum absolute atomic E-state index is 0.0258. The van der Waals surface area contributed by atoms with Gasteiger partial charge in [0, 0.05) is 11.6 Å². The molecule has 0 saturated carbocycles. The highest BCUT2D eigenvalue weighted by Crippen LogP contribution is 2.58. The van der Waals surface area contributed by atoms with Crippen LogP contribution in [0.5, 0.6) is 11.5 Å². The number of anilines is 3. The molecule has 0 bridgehead atoms. The third-order valence-electron chi connectivity index (χ3n) is 12.1. The first-order valence-electron chi connectivity index (χ1n) is 18.7. The minimum Gasteiger partial charge on any atom is -0.453 e. The molecule has 0 fully saturated rings. The van der Waals surface area contributed by atoms with Gasteiger partial charge in [-0.3, -0.25) is 0 Å². The summed E-state index contributed by atoms with van der Waals surface area (Å²) in [5, 5.41) is 7.66. The second kappa shape index (κ2) is 11.3. The number of para-hydroxylation sites is 4. The SMILES string of the molecule is CC1(C)c2cc(-c3c4ccccc4c(-c4ccccc4)c4ccc(N5c6ccccc6Oc6ccccc65)cc34)c3ccccc3c2C2C=CC=CC21. The van der Waals surface area contributed by atoms with Crippen molar-refractivity contribution in [1.82, 2.24) is 0 Å². The molecule has 0 radical (unpaired) electrons. The molecule has 2 atom stereocenters. The number of hydrogen-bond donors (Lipinski definition) is 0. The van der Waals surface area contributed by atoms with E-state index in [0.29, 0.717) is 11.8 Å². The summed E-state index contributed by atoms with van der Waals surface area (Å²) in [7, 11) is 0. The Morgan fingerprint density at radius 2 is 1.09 bits per heavy atom. The molecule has 8 aromatic carbocycles. The maximum absolute atomic E-state index is 6.44. The molecule has 8 aromatic rings. The van der Waals surface area contributed by atoms with Gasteiger partial charge in [0.05, 0.1) is 11.4 Å². The van der Waals surface area contributed by atoms with Crippen molar-refractivity contribution in [2.24, 2.45) is 5.92 Å². The fraction of sp³-hybridized carbons (Fsp3) is 0.0980. The molecule has 252 valence electrons. The van der Waals surface area contributed by atoms with Crippen molar-refractivity contribution < 1.29 is 4.74 Å². The van der Waals surface area contributed by atoms with Crippen LogP contribution in [0.3, 0.4) is 0 Å². The molecule has 1 aliphatic heterocycles. The van der Waals surface area contributed by atoms with Crippen LogP contribution in [0.1, 0.15) is 30.9 Å². The van der Waals surface area contributed by atoms with E-state index in [0.717, 1.165) is 28.6 Å². The van der Waals surface area contributed by atoms with E-state index < -0.39 is 0 Å². The fourth-order valence-corrected chi connectivity index (χ4v) is 9.74. The van der Waals surface area contributed by atoms with Gasteiger partial charge in [-0.15, -0.1) is 0 Å². The van der Waals surface area contributed by atoms with Crippen molar-refractivity contribution >= 4 is 49.4 Å². The average Bonchev–Trinajstić information content (AvgIpc) is 3.44. The van der Waals surface area contributed by atoms with Crippen molar-refractivity contribution in [3.63, 3.8) is 0 Å². The van der Waals surface area contributed by atoms with Crippen molar-refractivity contribution in [3.05, 3.63) is 187 Å². The van der Waals surface area contributed by atoms with Crippen LogP contribution in [0.25, 0.3) is 54.6 Å². The van der Waals surface area contributed by atoms with Crippen molar-refractivity contribution in [2.45, 2.75) is 25.2 Å². The van der Waals surface area contributed by atoms with E-state index in [1.54, 1.807) is 0 Å². The summed E-state index contributed by atoms with van der Waals surface area (Å²) >= 11 is 0. The molecular weight excluding hydrogens is 643 g/mol. The lowest BCUT2D eigenvalue weighted by molar-refractivity contribution is 0.394. The van der Waals surface area contributed by atoms with Gasteiger partial charge >= 0.3 is 0 Å². The van der Waals surface area contributed by atoms with Gasteiger partial charge in [0.25, 0.3) is 0 Å². The third kappa shape index (κ3) is 4.33. The highest BCUT2D eigenvalue weighted by molar-refractivity contribution is 6.24. The smallest absolute Gasteiger partial charge is 0.151 e. The molecule has 0 spiro atoms. The Balaban J connectivity index is 1.28. The largest absolute Gasteiger partial charge is 0.453 e. The van der Waals surface area contributed by atoms with Crippen LogP contribution in [-0.4, -0.2) is 0 Å². The first kappa shape index (κ1) is 30.3. The molecule has 2 unspecified atom stereocenters. The molecular formula is C51H37NO. The van der Waals surface area contributed by atoms with E-state index in [1.807, 2.05) is 12.1 Å². The minimum atomic E-state index is -0.0258. The lowest BCUT2D eigenvalue weighted by atomic mass is 9.74. The van der Waals surface area contributed by atoms with Crippen LogP contribution in [-0.2, 0) is 5.41 Å². The zero-order valence-corrected chi connectivity index (χ0v) is 29.8. The van der Waals surface area contributed by atoms with Crippen LogP contribution in [0.2, 0.25) is 0 Å². The fourth-order valence-electron chi connectivity index (χ4n) is 9.74. The molecule has 0 aromatic heterocycles. The number of allylic oxidation sites excluding steroid dienone is 4. The van der Waals surface area contributed by atoms with Gasteiger partial charge in [-0.05, 0) is 119 Å². The lowest BCUT2D eigenvalue weighted by Crippen LogP contribution is -2.24. The van der Waals surface area contributed by atoms with Crippen molar-refractivity contribution in [1.29, 1.82) is 0 Å². The number of ether oxygens (including phenoxy) is 1. The number of rotatable bonds is 3. The van der Waals surface area contributed by atoms with E-state index in [-0.39, 0.29) is 5.41 Å². The lowest BCUT2D eigenvalue weighted by Gasteiger charge is -2.33. The molecule has 2 nitrogen and oxygen atoms in total. The predicted octanol–water partition coefficient (Wildman–Crippen LogP) is 14.2. The predicted molar refractivity (Wildman–Crippen MR) is 222 cm³/mol. The maximum atomic E-state index is 6.44. The number of nitrogens with zero attached hydrogens (tertiary/aromatic N) is 1. The zero-order chi connectivity index (χ0) is 35.3. The second-order valence-corrected chi connectivity index (χ2v) is 15.2. The Labute approximate surface area is 309 Å². The second-order valence-electron chi connectivity index (χ2n) is 15.2. The van der Waals surface area contributed by atoms with E-state index in [9.17, 15) is 0 Å². The van der Waals surface area contributed by atoms with Gasteiger partial charge in [-0.2, -0.15) is 0 Å². The molecule has 2 heteroatoms. The summed E-state index contributed by atoms with van der Waals surface area (Å²) in [4.78, 5) is 2.36.